The van der Waals surface area contributed by atoms with Gasteiger partial charge in [0, 0.05) is 29.6 Å². The van der Waals surface area contributed by atoms with Crippen LogP contribution in [0.25, 0.3) is 5.65 Å². The molecule has 1 aliphatic rings. The van der Waals surface area contributed by atoms with E-state index in [1.165, 1.54) is 6.07 Å². The fourth-order valence-corrected chi connectivity index (χ4v) is 3.13. The molecule has 2 N–H and O–H groups in total. The van der Waals surface area contributed by atoms with E-state index in [1.807, 2.05) is 13.8 Å². The van der Waals surface area contributed by atoms with Gasteiger partial charge in [-0.2, -0.15) is 0 Å². The van der Waals surface area contributed by atoms with Crippen LogP contribution in [0.1, 0.15) is 36.2 Å². The number of rotatable bonds is 4. The number of fused-ring (bicyclic) bond motifs is 1. The number of hydrogen-bond acceptors (Lipinski definition) is 3. The number of nitrogens with one attached hydrogen (secondary N) is 2. The van der Waals surface area contributed by atoms with E-state index in [9.17, 15) is 9.59 Å². The number of H-pyrrole nitrogens is 1. The molecule has 2 aromatic heterocycles. The quantitative estimate of drug-likeness (QED) is 0.842. The monoisotopic (exact) mass is 314 g/mol. The zero-order valence-electron chi connectivity index (χ0n) is 13.6. The summed E-state index contributed by atoms with van der Waals surface area (Å²) < 4.78 is 1.64. The van der Waals surface area contributed by atoms with Crippen molar-refractivity contribution in [3.05, 3.63) is 45.5 Å². The van der Waals surface area contributed by atoms with Gasteiger partial charge in [0.2, 0.25) is 5.91 Å². The summed E-state index contributed by atoms with van der Waals surface area (Å²) in [4.78, 5) is 28.1. The number of amides is 1. The molecule has 0 radical (unpaired) electrons. The van der Waals surface area contributed by atoms with Gasteiger partial charge < -0.3 is 5.32 Å². The lowest BCUT2D eigenvalue weighted by Gasteiger charge is -2.18. The topological polar surface area (TPSA) is 79.3 Å². The Bertz CT molecular complexity index is 816. The average Bonchev–Trinajstić information content (AvgIpc) is 2.91. The standard InChI is InChI=1S/C17H22N4O2/c1-11-14(12(2)21-15(19-11)9-17(23)20-21)8-16(22)18-10-13-6-4-3-5-7-13/h3-4,9,13H,5-8,10H2,1-2H3,(H,18,22)(H,20,23)/t13-/m0/s1. The molecule has 0 bridgehead atoms. The molecule has 3 rings (SSSR count). The summed E-state index contributed by atoms with van der Waals surface area (Å²) in [6.07, 6.45) is 7.94. The van der Waals surface area contributed by atoms with Gasteiger partial charge in [-0.05, 0) is 39.0 Å². The molecule has 122 valence electrons. The number of aryl methyl sites for hydroxylation is 2. The summed E-state index contributed by atoms with van der Waals surface area (Å²) in [5, 5.41) is 5.74. The minimum absolute atomic E-state index is 0.00130. The van der Waals surface area contributed by atoms with Gasteiger partial charge in [-0.1, -0.05) is 12.2 Å². The Morgan fingerprint density at radius 3 is 3.00 bits per heavy atom. The minimum atomic E-state index is -0.188. The number of aromatic nitrogens is 3. The highest BCUT2D eigenvalue weighted by atomic mass is 16.1. The molecule has 1 aliphatic carbocycles. The van der Waals surface area contributed by atoms with Crippen LogP contribution in [0.4, 0.5) is 0 Å². The van der Waals surface area contributed by atoms with Gasteiger partial charge in [-0.15, -0.1) is 0 Å². The third kappa shape index (κ3) is 3.36. The molecule has 0 fully saturated rings. The molecule has 0 aliphatic heterocycles. The summed E-state index contributed by atoms with van der Waals surface area (Å²) >= 11 is 0. The Kier molecular flexibility index (Phi) is 4.32. The molecule has 2 heterocycles. The van der Waals surface area contributed by atoms with E-state index >= 15 is 0 Å². The molecule has 0 spiro atoms. The third-order valence-electron chi connectivity index (χ3n) is 4.51. The Hall–Kier alpha value is -2.37. The van der Waals surface area contributed by atoms with E-state index in [1.54, 1.807) is 4.52 Å². The predicted octanol–water partition coefficient (Wildman–Crippen LogP) is 1.65. The fraction of sp³-hybridized carbons (Fsp3) is 0.471. The summed E-state index contributed by atoms with van der Waals surface area (Å²) in [5.41, 5.74) is 2.91. The van der Waals surface area contributed by atoms with Crippen molar-refractivity contribution in [2.45, 2.75) is 39.5 Å². The van der Waals surface area contributed by atoms with E-state index in [2.05, 4.69) is 27.6 Å². The molecular weight excluding hydrogens is 292 g/mol. The van der Waals surface area contributed by atoms with E-state index in [-0.39, 0.29) is 17.9 Å². The Morgan fingerprint density at radius 1 is 1.43 bits per heavy atom. The number of carbonyl (C=O) groups excluding carboxylic acids is 1. The van der Waals surface area contributed by atoms with Crippen molar-refractivity contribution in [1.82, 2.24) is 19.9 Å². The summed E-state index contributed by atoms with van der Waals surface area (Å²) in [5.74, 6) is 0.536. The first-order chi connectivity index (χ1) is 11.0. The zero-order chi connectivity index (χ0) is 16.4. The van der Waals surface area contributed by atoms with E-state index in [0.717, 1.165) is 42.8 Å². The molecule has 0 saturated heterocycles. The van der Waals surface area contributed by atoms with Crippen LogP contribution in [0.2, 0.25) is 0 Å². The maximum Gasteiger partial charge on any atom is 0.266 e. The molecule has 2 aromatic rings. The van der Waals surface area contributed by atoms with E-state index in [4.69, 9.17) is 0 Å². The van der Waals surface area contributed by atoms with Crippen LogP contribution in [0, 0.1) is 19.8 Å². The van der Waals surface area contributed by atoms with Crippen molar-refractivity contribution in [2.75, 3.05) is 6.54 Å². The highest BCUT2D eigenvalue weighted by molar-refractivity contribution is 5.79. The second kappa shape index (κ2) is 6.40. The van der Waals surface area contributed by atoms with Crippen molar-refractivity contribution in [3.63, 3.8) is 0 Å². The Balaban J connectivity index is 1.71. The molecule has 23 heavy (non-hydrogen) atoms. The highest BCUT2D eigenvalue weighted by Crippen LogP contribution is 2.17. The van der Waals surface area contributed by atoms with Crippen LogP contribution in [0.3, 0.4) is 0 Å². The minimum Gasteiger partial charge on any atom is -0.356 e. The van der Waals surface area contributed by atoms with Crippen molar-refractivity contribution >= 4 is 11.6 Å². The molecule has 0 aromatic carbocycles. The van der Waals surface area contributed by atoms with Crippen LogP contribution in [0.5, 0.6) is 0 Å². The average molecular weight is 314 g/mol. The fourth-order valence-electron chi connectivity index (χ4n) is 3.13. The van der Waals surface area contributed by atoms with Gasteiger partial charge in [0.05, 0.1) is 6.42 Å². The lowest BCUT2D eigenvalue weighted by molar-refractivity contribution is -0.120. The summed E-state index contributed by atoms with van der Waals surface area (Å²) in [6, 6.07) is 1.46. The smallest absolute Gasteiger partial charge is 0.266 e. The van der Waals surface area contributed by atoms with Gasteiger partial charge in [-0.3, -0.25) is 14.7 Å². The number of nitrogens with zero attached hydrogens (tertiary/aromatic N) is 2. The largest absolute Gasteiger partial charge is 0.356 e. The van der Waals surface area contributed by atoms with Gasteiger partial charge >= 0.3 is 0 Å². The van der Waals surface area contributed by atoms with Crippen molar-refractivity contribution in [1.29, 1.82) is 0 Å². The van der Waals surface area contributed by atoms with Gasteiger partial charge in [0.25, 0.3) is 5.56 Å². The second-order valence-electron chi connectivity index (χ2n) is 6.21. The molecule has 6 nitrogen and oxygen atoms in total. The lowest BCUT2D eigenvalue weighted by atomic mass is 9.94. The maximum absolute atomic E-state index is 12.3. The van der Waals surface area contributed by atoms with Crippen LogP contribution >= 0.6 is 0 Å². The second-order valence-corrected chi connectivity index (χ2v) is 6.21. The zero-order valence-corrected chi connectivity index (χ0v) is 13.6. The van der Waals surface area contributed by atoms with Crippen LogP contribution < -0.4 is 10.9 Å². The number of hydrogen-bond donors (Lipinski definition) is 2. The first kappa shape index (κ1) is 15.5. The molecule has 0 unspecified atom stereocenters. The maximum atomic E-state index is 12.3. The van der Waals surface area contributed by atoms with Crippen LogP contribution in [0.15, 0.2) is 23.0 Å². The molecule has 0 saturated carbocycles. The van der Waals surface area contributed by atoms with Gasteiger partial charge in [-0.25, -0.2) is 9.50 Å². The Labute approximate surface area is 134 Å². The third-order valence-corrected chi connectivity index (χ3v) is 4.51. The van der Waals surface area contributed by atoms with E-state index < -0.39 is 0 Å². The molecule has 1 amide bonds. The summed E-state index contributed by atoms with van der Waals surface area (Å²) in [6.45, 7) is 4.49. The molecule has 1 atom stereocenters. The SMILES string of the molecule is Cc1nc2cc(=O)[nH]n2c(C)c1CC(=O)NC[C@H]1CC=CCC1. The number of allylic oxidation sites excluding steroid dienone is 2. The molecule has 6 heteroatoms. The number of aromatic amines is 1. The lowest BCUT2D eigenvalue weighted by Crippen LogP contribution is -2.31. The summed E-state index contributed by atoms with van der Waals surface area (Å²) in [7, 11) is 0. The van der Waals surface area contributed by atoms with E-state index in [0.29, 0.717) is 11.6 Å². The molecular formula is C17H22N4O2. The predicted molar refractivity (Wildman–Crippen MR) is 88.5 cm³/mol. The van der Waals surface area contributed by atoms with Crippen molar-refractivity contribution in [2.24, 2.45) is 5.92 Å². The van der Waals surface area contributed by atoms with Gasteiger partial charge in [0.15, 0.2) is 5.65 Å². The Morgan fingerprint density at radius 2 is 2.26 bits per heavy atom. The van der Waals surface area contributed by atoms with Gasteiger partial charge in [0.1, 0.15) is 0 Å². The first-order valence-electron chi connectivity index (χ1n) is 8.04. The normalized spacial score (nSPS) is 17.6. The van der Waals surface area contributed by atoms with Crippen molar-refractivity contribution < 1.29 is 4.79 Å². The first-order valence-corrected chi connectivity index (χ1v) is 8.04. The van der Waals surface area contributed by atoms with Crippen LogP contribution in [-0.2, 0) is 11.2 Å². The highest BCUT2D eigenvalue weighted by Gasteiger charge is 2.16. The van der Waals surface area contributed by atoms with Crippen molar-refractivity contribution in [3.8, 4) is 0 Å². The van der Waals surface area contributed by atoms with Crippen LogP contribution in [-0.4, -0.2) is 27.0 Å². The number of carbonyl (C=O) groups is 1.